The highest BCUT2D eigenvalue weighted by atomic mass is 32.2. The molecule has 0 saturated carbocycles. The fourth-order valence-corrected chi connectivity index (χ4v) is 3.98. The molecule has 1 aromatic heterocycles. The number of anilines is 1. The van der Waals surface area contributed by atoms with E-state index in [-0.39, 0.29) is 29.2 Å². The number of nitrogens with zero attached hydrogens (tertiary/aromatic N) is 4. The third-order valence-electron chi connectivity index (χ3n) is 3.54. The van der Waals surface area contributed by atoms with E-state index in [1.54, 1.807) is 10.9 Å². The van der Waals surface area contributed by atoms with Crippen LogP contribution in [0.1, 0.15) is 11.4 Å². The third-order valence-corrected chi connectivity index (χ3v) is 5.51. The first-order valence-corrected chi connectivity index (χ1v) is 7.76. The van der Waals surface area contributed by atoms with Crippen molar-refractivity contribution in [3.63, 3.8) is 0 Å². The van der Waals surface area contributed by atoms with E-state index in [9.17, 15) is 12.8 Å². The van der Waals surface area contributed by atoms with Crippen LogP contribution in [0, 0.1) is 12.7 Å². The summed E-state index contributed by atoms with van der Waals surface area (Å²) >= 11 is 0. The lowest BCUT2D eigenvalue weighted by Crippen LogP contribution is -2.38. The Balaban J connectivity index is 2.03. The van der Waals surface area contributed by atoms with Crippen LogP contribution in [0.2, 0.25) is 0 Å². The maximum Gasteiger partial charge on any atom is 0.243 e. The highest BCUT2D eigenvalue weighted by Crippen LogP contribution is 2.27. The molecule has 1 aliphatic rings. The van der Waals surface area contributed by atoms with Crippen molar-refractivity contribution in [2.24, 2.45) is 0 Å². The number of hydrogen-bond acceptors (Lipinski definition) is 5. The van der Waals surface area contributed by atoms with E-state index in [4.69, 9.17) is 5.73 Å². The topological polar surface area (TPSA) is 94.1 Å². The van der Waals surface area contributed by atoms with Crippen LogP contribution in [0.4, 0.5) is 10.1 Å². The SMILES string of the molecule is Cc1c(F)cc(N)cc1S(=O)(=O)N1CCn2cnnc2C1. The Morgan fingerprint density at radius 2 is 2.10 bits per heavy atom. The molecule has 7 nitrogen and oxygen atoms in total. The zero-order valence-electron chi connectivity index (χ0n) is 11.3. The Morgan fingerprint density at radius 1 is 1.33 bits per heavy atom. The van der Waals surface area contributed by atoms with Gasteiger partial charge in [0.15, 0.2) is 0 Å². The number of benzene rings is 1. The van der Waals surface area contributed by atoms with Crippen LogP contribution in [0.3, 0.4) is 0 Å². The van der Waals surface area contributed by atoms with Gasteiger partial charge in [0, 0.05) is 24.3 Å². The maximum absolute atomic E-state index is 13.7. The fraction of sp³-hybridized carbons (Fsp3) is 0.333. The smallest absolute Gasteiger partial charge is 0.243 e. The average molecular weight is 311 g/mol. The molecular formula is C12H14FN5O2S. The van der Waals surface area contributed by atoms with Gasteiger partial charge in [-0.2, -0.15) is 4.31 Å². The minimum atomic E-state index is -3.83. The lowest BCUT2D eigenvalue weighted by atomic mass is 10.2. The van der Waals surface area contributed by atoms with Crippen LogP contribution in [-0.2, 0) is 23.1 Å². The van der Waals surface area contributed by atoms with Gasteiger partial charge in [0.05, 0.1) is 11.4 Å². The number of hydrogen-bond donors (Lipinski definition) is 1. The van der Waals surface area contributed by atoms with Crippen LogP contribution in [-0.4, -0.2) is 34.0 Å². The molecule has 0 atom stereocenters. The first-order chi connectivity index (χ1) is 9.89. The van der Waals surface area contributed by atoms with E-state index < -0.39 is 15.8 Å². The molecule has 1 aliphatic heterocycles. The summed E-state index contributed by atoms with van der Waals surface area (Å²) in [5, 5.41) is 7.63. The summed E-state index contributed by atoms with van der Waals surface area (Å²) in [7, 11) is -3.83. The predicted molar refractivity (Wildman–Crippen MR) is 73.2 cm³/mol. The summed E-state index contributed by atoms with van der Waals surface area (Å²) in [6.45, 7) is 2.28. The van der Waals surface area contributed by atoms with Gasteiger partial charge in [-0.15, -0.1) is 10.2 Å². The van der Waals surface area contributed by atoms with Crippen molar-refractivity contribution in [3.8, 4) is 0 Å². The third kappa shape index (κ3) is 2.28. The highest BCUT2D eigenvalue weighted by Gasteiger charge is 2.31. The quantitative estimate of drug-likeness (QED) is 0.816. The molecule has 2 heterocycles. The maximum atomic E-state index is 13.7. The number of nitrogens with two attached hydrogens (primary N) is 1. The molecule has 2 N–H and O–H groups in total. The molecule has 2 aromatic rings. The largest absolute Gasteiger partial charge is 0.399 e. The Labute approximate surface area is 121 Å². The molecule has 9 heteroatoms. The van der Waals surface area contributed by atoms with Crippen molar-refractivity contribution in [1.82, 2.24) is 19.1 Å². The molecule has 0 bridgehead atoms. The second-order valence-corrected chi connectivity index (χ2v) is 6.81. The van der Waals surface area contributed by atoms with Gasteiger partial charge < -0.3 is 10.3 Å². The van der Waals surface area contributed by atoms with Gasteiger partial charge in [-0.1, -0.05) is 0 Å². The van der Waals surface area contributed by atoms with Crippen LogP contribution in [0.5, 0.6) is 0 Å². The molecule has 0 radical (unpaired) electrons. The van der Waals surface area contributed by atoms with Crippen LogP contribution >= 0.6 is 0 Å². The van der Waals surface area contributed by atoms with Crippen LogP contribution in [0.25, 0.3) is 0 Å². The highest BCUT2D eigenvalue weighted by molar-refractivity contribution is 7.89. The Kier molecular flexibility index (Phi) is 3.18. The van der Waals surface area contributed by atoms with Crippen molar-refractivity contribution < 1.29 is 12.8 Å². The zero-order valence-corrected chi connectivity index (χ0v) is 12.1. The van der Waals surface area contributed by atoms with E-state index in [0.29, 0.717) is 12.4 Å². The molecular weight excluding hydrogens is 297 g/mol. The number of sulfonamides is 1. The van der Waals surface area contributed by atoms with E-state index in [0.717, 1.165) is 6.07 Å². The summed E-state index contributed by atoms with van der Waals surface area (Å²) in [4.78, 5) is -0.104. The summed E-state index contributed by atoms with van der Waals surface area (Å²) in [6, 6.07) is 2.40. The molecule has 0 fully saturated rings. The van der Waals surface area contributed by atoms with E-state index in [2.05, 4.69) is 10.2 Å². The van der Waals surface area contributed by atoms with Crippen molar-refractivity contribution in [3.05, 3.63) is 35.7 Å². The Bertz CT molecular complexity index is 802. The van der Waals surface area contributed by atoms with Crippen LogP contribution < -0.4 is 5.73 Å². The Hall–Kier alpha value is -2.00. The summed E-state index contributed by atoms with van der Waals surface area (Å²) in [5.41, 5.74) is 5.71. The zero-order chi connectivity index (χ0) is 15.2. The number of halogens is 1. The molecule has 0 amide bonds. The summed E-state index contributed by atoms with van der Waals surface area (Å²) < 4.78 is 42.2. The molecule has 0 saturated heterocycles. The van der Waals surface area contributed by atoms with E-state index >= 15 is 0 Å². The molecule has 0 unspecified atom stereocenters. The van der Waals surface area contributed by atoms with Crippen molar-refractivity contribution in [2.75, 3.05) is 12.3 Å². The van der Waals surface area contributed by atoms with Crippen LogP contribution in [0.15, 0.2) is 23.4 Å². The number of nitrogen functional groups attached to an aromatic ring is 1. The monoisotopic (exact) mass is 311 g/mol. The number of aromatic nitrogens is 3. The summed E-state index contributed by atoms with van der Waals surface area (Å²) in [6.07, 6.45) is 1.56. The van der Waals surface area contributed by atoms with Crippen molar-refractivity contribution >= 4 is 15.7 Å². The Morgan fingerprint density at radius 3 is 2.86 bits per heavy atom. The molecule has 1 aromatic carbocycles. The van der Waals surface area contributed by atoms with Gasteiger partial charge >= 0.3 is 0 Å². The standard InChI is InChI=1S/C12H14FN5O2S/c1-8-10(13)4-9(14)5-11(8)21(19,20)18-3-2-17-7-15-16-12(17)6-18/h4-5,7H,2-3,6,14H2,1H3. The lowest BCUT2D eigenvalue weighted by molar-refractivity contribution is 0.335. The van der Waals surface area contributed by atoms with Gasteiger partial charge in [0.25, 0.3) is 0 Å². The van der Waals surface area contributed by atoms with Gasteiger partial charge in [-0.3, -0.25) is 0 Å². The van der Waals surface area contributed by atoms with Crippen molar-refractivity contribution in [1.29, 1.82) is 0 Å². The van der Waals surface area contributed by atoms with Gasteiger partial charge in [-0.05, 0) is 19.1 Å². The summed E-state index contributed by atoms with van der Waals surface area (Å²) in [5.74, 6) is -0.0689. The minimum Gasteiger partial charge on any atom is -0.399 e. The van der Waals surface area contributed by atoms with E-state index in [1.165, 1.54) is 17.3 Å². The molecule has 0 spiro atoms. The lowest BCUT2D eigenvalue weighted by Gasteiger charge is -2.27. The fourth-order valence-electron chi connectivity index (χ4n) is 2.33. The normalized spacial score (nSPS) is 15.9. The second kappa shape index (κ2) is 4.78. The molecule has 3 rings (SSSR count). The molecule has 21 heavy (non-hydrogen) atoms. The van der Waals surface area contributed by atoms with Gasteiger partial charge in [0.2, 0.25) is 10.0 Å². The predicted octanol–water partition coefficient (Wildman–Crippen LogP) is 0.512. The van der Waals surface area contributed by atoms with Gasteiger partial charge in [0.1, 0.15) is 18.0 Å². The van der Waals surface area contributed by atoms with E-state index in [1.807, 2.05) is 0 Å². The number of rotatable bonds is 2. The van der Waals surface area contributed by atoms with Gasteiger partial charge in [-0.25, -0.2) is 12.8 Å². The minimum absolute atomic E-state index is 0.0660. The molecule has 0 aliphatic carbocycles. The average Bonchev–Trinajstić information content (AvgIpc) is 2.89. The first kappa shape index (κ1) is 14.0. The second-order valence-electron chi connectivity index (χ2n) is 4.91. The molecule has 112 valence electrons. The van der Waals surface area contributed by atoms with Crippen molar-refractivity contribution in [2.45, 2.75) is 24.9 Å². The number of fused-ring (bicyclic) bond motifs is 1. The first-order valence-electron chi connectivity index (χ1n) is 6.32.